The van der Waals surface area contributed by atoms with Crippen molar-refractivity contribution in [3.63, 3.8) is 0 Å². The molecule has 0 saturated carbocycles. The van der Waals surface area contributed by atoms with E-state index >= 15 is 0 Å². The van der Waals surface area contributed by atoms with Gasteiger partial charge in [0.1, 0.15) is 5.75 Å². The second-order valence-electron chi connectivity index (χ2n) is 8.73. The van der Waals surface area contributed by atoms with Gasteiger partial charge in [0.25, 0.3) is 0 Å². The van der Waals surface area contributed by atoms with Crippen LogP contribution in [0.15, 0.2) is 36.4 Å². The zero-order valence-electron chi connectivity index (χ0n) is 19.0. The molecular weight excluding hydrogens is 424 g/mol. The summed E-state index contributed by atoms with van der Waals surface area (Å²) in [7, 11) is -3.59. The number of amides is 2. The smallest absolute Gasteiger partial charge is 0.235 e. The van der Waals surface area contributed by atoms with Crippen LogP contribution in [0.2, 0.25) is 0 Å². The number of hydrogen-bond acceptors (Lipinski definition) is 4. The molecule has 0 saturated heterocycles. The van der Waals surface area contributed by atoms with Gasteiger partial charge >= 0.3 is 0 Å². The largest absolute Gasteiger partial charge is 0.348 e. The van der Waals surface area contributed by atoms with E-state index in [4.69, 9.17) is 0 Å². The lowest BCUT2D eigenvalue weighted by Crippen LogP contribution is -2.35. The summed E-state index contributed by atoms with van der Waals surface area (Å²) in [6.45, 7) is 5.87. The zero-order chi connectivity index (χ0) is 23.3. The number of anilines is 1. The van der Waals surface area contributed by atoms with E-state index in [0.29, 0.717) is 0 Å². The second-order valence-corrected chi connectivity index (χ2v) is 10.9. The highest BCUT2D eigenvalue weighted by atomic mass is 32.2. The third kappa shape index (κ3) is 6.42. The number of benzene rings is 2. The van der Waals surface area contributed by atoms with Crippen LogP contribution in [0.5, 0.6) is 0 Å². The van der Waals surface area contributed by atoms with Crippen LogP contribution in [0.1, 0.15) is 59.5 Å². The average molecular weight is 457 g/mol. The van der Waals surface area contributed by atoms with E-state index in [1.165, 1.54) is 5.56 Å². The summed E-state index contributed by atoms with van der Waals surface area (Å²) in [4.78, 5) is 24.7. The van der Waals surface area contributed by atoms with Crippen molar-refractivity contribution in [1.29, 1.82) is 0 Å². The van der Waals surface area contributed by atoms with Gasteiger partial charge in [-0.05, 0) is 68.7 Å². The van der Waals surface area contributed by atoms with Gasteiger partial charge in [-0.3, -0.25) is 9.59 Å². The van der Waals surface area contributed by atoms with E-state index in [2.05, 4.69) is 16.7 Å². The Bertz CT molecular complexity index is 1090. The van der Waals surface area contributed by atoms with Crippen molar-refractivity contribution in [2.45, 2.75) is 58.9 Å². The molecule has 2 aromatic rings. The summed E-state index contributed by atoms with van der Waals surface area (Å²) in [6.07, 6.45) is 3.01. The third-order valence-electron chi connectivity index (χ3n) is 5.86. The summed E-state index contributed by atoms with van der Waals surface area (Å²) < 4.78 is 24.8. The lowest BCUT2D eigenvalue weighted by atomic mass is 9.88. The number of nitrogens with one attached hydrogen (secondary N) is 2. The summed E-state index contributed by atoms with van der Waals surface area (Å²) >= 11 is 0. The fourth-order valence-corrected chi connectivity index (χ4v) is 5.65. The number of aryl methyl sites for hydroxylation is 4. The number of carbonyl (C=O) groups is 2. The molecule has 0 fully saturated rings. The molecule has 0 radical (unpaired) electrons. The molecule has 0 heterocycles. The van der Waals surface area contributed by atoms with Crippen LogP contribution >= 0.6 is 0 Å². The van der Waals surface area contributed by atoms with Crippen molar-refractivity contribution in [3.8, 4) is 0 Å². The first kappa shape index (κ1) is 24.0. The quantitative estimate of drug-likeness (QED) is 0.629. The molecule has 3 rings (SSSR count). The molecule has 1 unspecified atom stereocenters. The van der Waals surface area contributed by atoms with E-state index in [-0.39, 0.29) is 30.5 Å². The Morgan fingerprint density at radius 1 is 1.03 bits per heavy atom. The van der Waals surface area contributed by atoms with Crippen molar-refractivity contribution in [1.82, 2.24) is 5.32 Å². The first-order valence-corrected chi connectivity index (χ1v) is 12.9. The summed E-state index contributed by atoms with van der Waals surface area (Å²) in [5, 5.41) is 5.77. The molecule has 172 valence electrons. The molecule has 32 heavy (non-hydrogen) atoms. The van der Waals surface area contributed by atoms with Gasteiger partial charge in [0.2, 0.25) is 11.8 Å². The lowest BCUT2D eigenvalue weighted by molar-refractivity contribution is -0.119. The molecule has 1 atom stereocenters. The van der Waals surface area contributed by atoms with Crippen LogP contribution in [0.25, 0.3) is 0 Å². The Morgan fingerprint density at radius 3 is 2.44 bits per heavy atom. The van der Waals surface area contributed by atoms with Gasteiger partial charge in [0.15, 0.2) is 9.84 Å². The predicted octanol–water partition coefficient (Wildman–Crippen LogP) is 3.94. The number of fused-ring (bicyclic) bond motifs is 1. The number of sulfone groups is 1. The molecule has 0 bridgehead atoms. The third-order valence-corrected chi connectivity index (χ3v) is 7.47. The Kier molecular flexibility index (Phi) is 7.72. The molecule has 1 aliphatic carbocycles. The molecule has 2 N–H and O–H groups in total. The first-order valence-electron chi connectivity index (χ1n) is 11.1. The van der Waals surface area contributed by atoms with Crippen molar-refractivity contribution < 1.29 is 18.0 Å². The van der Waals surface area contributed by atoms with E-state index < -0.39 is 21.5 Å². The zero-order valence-corrected chi connectivity index (χ0v) is 19.8. The van der Waals surface area contributed by atoms with Crippen LogP contribution in [0.3, 0.4) is 0 Å². The normalized spacial score (nSPS) is 15.7. The lowest BCUT2D eigenvalue weighted by Gasteiger charge is -2.26. The Hall–Kier alpha value is -2.67. The van der Waals surface area contributed by atoms with Gasteiger partial charge in [-0.15, -0.1) is 0 Å². The predicted molar refractivity (Wildman–Crippen MR) is 127 cm³/mol. The standard InChI is InChI=1S/C25H32N2O4S/c1-17-14-18(2)25(19(3)15-17)27-23(28)12-7-13-32(30,31)16-24(29)26-22-11-6-9-20-8-4-5-10-21(20)22/h4-5,8,10,14-15,22H,6-7,9,11-13,16H2,1-3H3,(H,26,29)(H,27,28). The van der Waals surface area contributed by atoms with Gasteiger partial charge in [0, 0.05) is 12.1 Å². The number of rotatable bonds is 8. The van der Waals surface area contributed by atoms with Gasteiger partial charge in [-0.1, -0.05) is 42.0 Å². The van der Waals surface area contributed by atoms with Crippen molar-refractivity contribution in [2.24, 2.45) is 0 Å². The molecular formula is C25H32N2O4S. The Morgan fingerprint density at radius 2 is 1.72 bits per heavy atom. The van der Waals surface area contributed by atoms with E-state index in [0.717, 1.165) is 47.2 Å². The molecule has 0 aromatic heterocycles. The molecule has 7 heteroatoms. The molecule has 0 spiro atoms. The van der Waals surface area contributed by atoms with Crippen LogP contribution in [0.4, 0.5) is 5.69 Å². The maximum Gasteiger partial charge on any atom is 0.235 e. The van der Waals surface area contributed by atoms with Crippen molar-refractivity contribution in [2.75, 3.05) is 16.8 Å². The highest BCUT2D eigenvalue weighted by Gasteiger charge is 2.24. The summed E-state index contributed by atoms with van der Waals surface area (Å²) in [6, 6.07) is 11.8. The van der Waals surface area contributed by atoms with E-state index in [1.54, 1.807) is 0 Å². The van der Waals surface area contributed by atoms with Crippen LogP contribution < -0.4 is 10.6 Å². The first-order chi connectivity index (χ1) is 15.1. The van der Waals surface area contributed by atoms with Crippen LogP contribution in [-0.2, 0) is 25.8 Å². The van der Waals surface area contributed by atoms with Gasteiger partial charge in [-0.25, -0.2) is 8.42 Å². The molecule has 1 aliphatic rings. The minimum atomic E-state index is -3.59. The van der Waals surface area contributed by atoms with Gasteiger partial charge in [-0.2, -0.15) is 0 Å². The maximum absolute atomic E-state index is 12.4. The number of hydrogen-bond donors (Lipinski definition) is 2. The summed E-state index contributed by atoms with van der Waals surface area (Å²) in [5.41, 5.74) is 6.13. The van der Waals surface area contributed by atoms with Crippen molar-refractivity contribution >= 4 is 27.3 Å². The fourth-order valence-electron chi connectivity index (χ4n) is 4.44. The Labute approximate surface area is 190 Å². The molecule has 2 aromatic carbocycles. The topological polar surface area (TPSA) is 92.3 Å². The monoisotopic (exact) mass is 456 g/mol. The molecule has 2 amide bonds. The second kappa shape index (κ2) is 10.3. The van der Waals surface area contributed by atoms with E-state index in [9.17, 15) is 18.0 Å². The maximum atomic E-state index is 12.4. The van der Waals surface area contributed by atoms with Crippen LogP contribution in [-0.4, -0.2) is 31.7 Å². The summed E-state index contributed by atoms with van der Waals surface area (Å²) in [5.74, 6) is -1.45. The molecule has 6 nitrogen and oxygen atoms in total. The van der Waals surface area contributed by atoms with Gasteiger partial charge < -0.3 is 10.6 Å². The SMILES string of the molecule is Cc1cc(C)c(NC(=O)CCCS(=O)(=O)CC(=O)NC2CCCc3ccccc32)c(C)c1. The average Bonchev–Trinajstić information content (AvgIpc) is 2.70. The molecule has 0 aliphatic heterocycles. The highest BCUT2D eigenvalue weighted by Crippen LogP contribution is 2.29. The minimum absolute atomic E-state index is 0.0869. The fraction of sp³-hybridized carbons (Fsp3) is 0.440. The minimum Gasteiger partial charge on any atom is -0.348 e. The van der Waals surface area contributed by atoms with Crippen LogP contribution in [0, 0.1) is 20.8 Å². The Balaban J connectivity index is 1.47. The highest BCUT2D eigenvalue weighted by molar-refractivity contribution is 7.92. The van der Waals surface area contributed by atoms with E-state index in [1.807, 2.05) is 51.1 Å². The van der Waals surface area contributed by atoms with Gasteiger partial charge in [0.05, 0.1) is 11.8 Å². The van der Waals surface area contributed by atoms with Crippen molar-refractivity contribution in [3.05, 3.63) is 64.2 Å². The number of carbonyl (C=O) groups excluding carboxylic acids is 2.